The highest BCUT2D eigenvalue weighted by Crippen LogP contribution is 2.35. The Balaban J connectivity index is 1.22. The molecule has 34 heavy (non-hydrogen) atoms. The van der Waals surface area contributed by atoms with Crippen molar-refractivity contribution >= 4 is 23.4 Å². The van der Waals surface area contributed by atoms with Gasteiger partial charge in [0.15, 0.2) is 5.79 Å². The largest absolute Gasteiger partial charge is 0.481 e. The summed E-state index contributed by atoms with van der Waals surface area (Å²) in [5, 5.41) is 16.7. The van der Waals surface area contributed by atoms with E-state index >= 15 is 4.39 Å². The molecule has 3 aliphatic heterocycles. The lowest BCUT2D eigenvalue weighted by Crippen LogP contribution is -2.45. The molecule has 12 heteroatoms. The van der Waals surface area contributed by atoms with Crippen molar-refractivity contribution in [1.29, 1.82) is 0 Å². The van der Waals surface area contributed by atoms with Crippen LogP contribution in [0.3, 0.4) is 0 Å². The molecule has 3 aliphatic rings. The smallest absolute Gasteiger partial charge is 0.414 e. The van der Waals surface area contributed by atoms with Gasteiger partial charge in [-0.2, -0.15) is 0 Å². The van der Waals surface area contributed by atoms with Crippen LogP contribution < -0.4 is 9.80 Å². The lowest BCUT2D eigenvalue weighted by molar-refractivity contribution is -0.169. The number of ether oxygens (including phenoxy) is 3. The van der Waals surface area contributed by atoms with Crippen molar-refractivity contribution < 1.29 is 33.3 Å². The van der Waals surface area contributed by atoms with Crippen molar-refractivity contribution in [2.45, 2.75) is 44.1 Å². The molecule has 1 atom stereocenters. The Morgan fingerprint density at radius 3 is 2.71 bits per heavy atom. The summed E-state index contributed by atoms with van der Waals surface area (Å²) < 4.78 is 33.5. The van der Waals surface area contributed by atoms with Gasteiger partial charge in [-0.1, -0.05) is 5.21 Å². The van der Waals surface area contributed by atoms with Gasteiger partial charge in [0.2, 0.25) is 0 Å². The molecule has 1 spiro atoms. The normalized spacial score (nSPS) is 21.9. The molecular formula is C22H26FN5O6. The number of carboxylic acid groups (broad SMARTS) is 1. The average Bonchev–Trinajstić information content (AvgIpc) is 3.54. The minimum absolute atomic E-state index is 0.0480. The van der Waals surface area contributed by atoms with Gasteiger partial charge in [-0.15, -0.1) is 5.10 Å². The lowest BCUT2D eigenvalue weighted by Gasteiger charge is -2.38. The van der Waals surface area contributed by atoms with E-state index in [0.29, 0.717) is 56.2 Å². The predicted molar refractivity (Wildman–Crippen MR) is 116 cm³/mol. The Labute approximate surface area is 195 Å². The quantitative estimate of drug-likeness (QED) is 0.639. The molecule has 3 saturated heterocycles. The topological polar surface area (TPSA) is 119 Å². The van der Waals surface area contributed by atoms with Crippen LogP contribution in [0, 0.1) is 5.82 Å². The van der Waals surface area contributed by atoms with Crippen LogP contribution in [0.2, 0.25) is 0 Å². The van der Waals surface area contributed by atoms with Crippen molar-refractivity contribution in [1.82, 2.24) is 15.0 Å². The first kappa shape index (κ1) is 22.5. The third-order valence-corrected chi connectivity index (χ3v) is 6.47. The molecule has 4 heterocycles. The van der Waals surface area contributed by atoms with E-state index in [-0.39, 0.29) is 25.9 Å². The highest BCUT2D eigenvalue weighted by Gasteiger charge is 2.40. The van der Waals surface area contributed by atoms with Gasteiger partial charge in [-0.3, -0.25) is 9.69 Å². The lowest BCUT2D eigenvalue weighted by atomic mass is 10.0. The molecule has 3 fully saturated rings. The van der Waals surface area contributed by atoms with E-state index in [1.54, 1.807) is 12.1 Å². The molecule has 11 nitrogen and oxygen atoms in total. The first-order chi connectivity index (χ1) is 16.4. The number of hydrogen-bond donors (Lipinski definition) is 1. The number of hydrogen-bond acceptors (Lipinski definition) is 8. The van der Waals surface area contributed by atoms with Gasteiger partial charge in [0.05, 0.1) is 56.0 Å². The monoisotopic (exact) mass is 475 g/mol. The van der Waals surface area contributed by atoms with Crippen molar-refractivity contribution in [2.75, 3.05) is 42.6 Å². The Bertz CT molecular complexity index is 1060. The molecule has 1 N–H and O–H groups in total. The van der Waals surface area contributed by atoms with Gasteiger partial charge in [0.25, 0.3) is 0 Å². The summed E-state index contributed by atoms with van der Waals surface area (Å²) in [6.45, 7) is 2.87. The number of aliphatic carboxylic acids is 1. The second kappa shape index (κ2) is 9.18. The van der Waals surface area contributed by atoms with E-state index in [1.165, 1.54) is 21.8 Å². The Kier molecular flexibility index (Phi) is 6.09. The van der Waals surface area contributed by atoms with Crippen LogP contribution in [0.5, 0.6) is 0 Å². The van der Waals surface area contributed by atoms with Crippen LogP contribution in [-0.2, 0) is 32.0 Å². The van der Waals surface area contributed by atoms with Gasteiger partial charge in [-0.25, -0.2) is 13.9 Å². The van der Waals surface area contributed by atoms with Crippen LogP contribution in [0.4, 0.5) is 20.6 Å². The molecule has 1 aromatic heterocycles. The molecular weight excluding hydrogens is 449 g/mol. The van der Waals surface area contributed by atoms with Crippen LogP contribution >= 0.6 is 0 Å². The van der Waals surface area contributed by atoms with Crippen molar-refractivity contribution in [3.63, 3.8) is 0 Å². The highest BCUT2D eigenvalue weighted by atomic mass is 19.1. The molecule has 1 aromatic carbocycles. The summed E-state index contributed by atoms with van der Waals surface area (Å²) in [6.07, 6.45) is 1.97. The Hall–Kier alpha value is -3.25. The molecule has 2 aromatic rings. The number of benzene rings is 1. The fraction of sp³-hybridized carbons (Fsp3) is 0.545. The SMILES string of the molecule is O=C(O)CCc1cnnn1C[C@H]1CN(c2ccc(N3CCC4(CC3)OCCO4)c(F)c2)C(=O)O1. The van der Waals surface area contributed by atoms with Gasteiger partial charge < -0.3 is 24.2 Å². The fourth-order valence-corrected chi connectivity index (χ4v) is 4.68. The van der Waals surface area contributed by atoms with Gasteiger partial charge in [0, 0.05) is 32.4 Å². The van der Waals surface area contributed by atoms with Gasteiger partial charge in [0.1, 0.15) is 11.9 Å². The minimum atomic E-state index is -0.916. The summed E-state index contributed by atoms with van der Waals surface area (Å²) >= 11 is 0. The maximum absolute atomic E-state index is 15.0. The number of nitrogens with zero attached hydrogens (tertiary/aromatic N) is 5. The Morgan fingerprint density at radius 1 is 1.24 bits per heavy atom. The fourth-order valence-electron chi connectivity index (χ4n) is 4.68. The van der Waals surface area contributed by atoms with E-state index < -0.39 is 29.8 Å². The summed E-state index contributed by atoms with van der Waals surface area (Å²) in [6, 6.07) is 4.74. The third kappa shape index (κ3) is 4.55. The standard InChI is InChI=1S/C22H26FN5O6/c23-18-11-15(1-3-19(18)26-7-5-22(6-8-26)32-9-10-33-22)27-13-17(34-21(27)31)14-28-16(12-24-25-28)2-4-20(29)30/h1,3,11-12,17H,2,4-10,13-14H2,(H,29,30)/t17-/m1/s1. The van der Waals surface area contributed by atoms with Crippen molar-refractivity contribution in [3.05, 3.63) is 35.9 Å². The second-order valence-corrected chi connectivity index (χ2v) is 8.65. The number of piperidine rings is 1. The molecule has 1 amide bonds. The number of amides is 1. The summed E-state index contributed by atoms with van der Waals surface area (Å²) in [5.41, 5.74) is 1.53. The van der Waals surface area contributed by atoms with E-state index in [1.807, 2.05) is 4.90 Å². The maximum Gasteiger partial charge on any atom is 0.414 e. The van der Waals surface area contributed by atoms with Crippen molar-refractivity contribution in [2.24, 2.45) is 0 Å². The first-order valence-electron chi connectivity index (χ1n) is 11.3. The molecule has 0 bridgehead atoms. The third-order valence-electron chi connectivity index (χ3n) is 6.47. The zero-order chi connectivity index (χ0) is 23.7. The van der Waals surface area contributed by atoms with Crippen LogP contribution in [0.15, 0.2) is 24.4 Å². The van der Waals surface area contributed by atoms with Crippen LogP contribution in [0.25, 0.3) is 0 Å². The zero-order valence-corrected chi connectivity index (χ0v) is 18.6. The number of rotatable bonds is 7. The van der Waals surface area contributed by atoms with E-state index in [9.17, 15) is 9.59 Å². The van der Waals surface area contributed by atoms with Crippen LogP contribution in [0.1, 0.15) is 25.0 Å². The number of aromatic nitrogens is 3. The molecule has 0 unspecified atom stereocenters. The van der Waals surface area contributed by atoms with E-state index in [2.05, 4.69) is 10.3 Å². The Morgan fingerprint density at radius 2 is 2.00 bits per heavy atom. The second-order valence-electron chi connectivity index (χ2n) is 8.65. The number of aryl methyl sites for hydroxylation is 1. The van der Waals surface area contributed by atoms with Gasteiger partial charge in [-0.05, 0) is 18.2 Å². The van der Waals surface area contributed by atoms with Crippen LogP contribution in [-0.4, -0.2) is 76.9 Å². The first-order valence-corrected chi connectivity index (χ1v) is 11.3. The zero-order valence-electron chi connectivity index (χ0n) is 18.6. The molecule has 182 valence electrons. The van der Waals surface area contributed by atoms with E-state index in [0.717, 1.165) is 0 Å². The average molecular weight is 475 g/mol. The van der Waals surface area contributed by atoms with Crippen molar-refractivity contribution in [3.8, 4) is 0 Å². The minimum Gasteiger partial charge on any atom is -0.481 e. The molecule has 0 radical (unpaired) electrons. The number of halogens is 1. The summed E-state index contributed by atoms with van der Waals surface area (Å²) in [4.78, 5) is 26.7. The number of carbonyl (C=O) groups is 2. The maximum atomic E-state index is 15.0. The van der Waals surface area contributed by atoms with E-state index in [4.69, 9.17) is 19.3 Å². The molecule has 0 saturated carbocycles. The highest BCUT2D eigenvalue weighted by molar-refractivity contribution is 5.90. The number of carboxylic acids is 1. The summed E-state index contributed by atoms with van der Waals surface area (Å²) in [5.74, 6) is -1.86. The van der Waals surface area contributed by atoms with Gasteiger partial charge >= 0.3 is 12.1 Å². The molecule has 5 rings (SSSR count). The summed E-state index contributed by atoms with van der Waals surface area (Å²) in [7, 11) is 0. The number of anilines is 2. The molecule has 0 aliphatic carbocycles. The predicted octanol–water partition coefficient (Wildman–Crippen LogP) is 1.80. The number of cyclic esters (lactones) is 1. The number of carbonyl (C=O) groups excluding carboxylic acids is 1.